The molecule has 0 saturated heterocycles. The highest BCUT2D eigenvalue weighted by atomic mass is 32.1. The molecule has 0 bridgehead atoms. The van der Waals surface area contributed by atoms with Crippen LogP contribution in [0, 0.1) is 0 Å². The number of anilines is 1. The van der Waals surface area contributed by atoms with Crippen molar-refractivity contribution in [3.63, 3.8) is 0 Å². The van der Waals surface area contributed by atoms with Gasteiger partial charge < -0.3 is 9.47 Å². The lowest BCUT2D eigenvalue weighted by molar-refractivity contribution is -0.142. The molecule has 0 aliphatic carbocycles. The number of aromatic nitrogens is 3. The van der Waals surface area contributed by atoms with E-state index in [0.29, 0.717) is 23.4 Å². The van der Waals surface area contributed by atoms with E-state index in [4.69, 9.17) is 9.47 Å². The summed E-state index contributed by atoms with van der Waals surface area (Å²) in [5.74, 6) is 0.466. The lowest BCUT2D eigenvalue weighted by Gasteiger charge is -2.09. The zero-order valence-electron chi connectivity index (χ0n) is 17.1. The first kappa shape index (κ1) is 21.5. The summed E-state index contributed by atoms with van der Waals surface area (Å²) in [5, 5.41) is 9.03. The van der Waals surface area contributed by atoms with Crippen LogP contribution in [0.1, 0.15) is 48.4 Å². The molecule has 0 fully saturated rings. The summed E-state index contributed by atoms with van der Waals surface area (Å²) in [5.41, 5.74) is 2.04. The van der Waals surface area contributed by atoms with Crippen LogP contribution in [0.4, 0.5) is 5.13 Å². The molecule has 2 aromatic heterocycles. The van der Waals surface area contributed by atoms with Gasteiger partial charge in [-0.3, -0.25) is 14.9 Å². The first-order chi connectivity index (χ1) is 14.4. The van der Waals surface area contributed by atoms with Crippen LogP contribution in [-0.2, 0) is 22.7 Å². The fourth-order valence-corrected chi connectivity index (χ4v) is 3.32. The number of esters is 1. The number of ether oxygens (including phenoxy) is 2. The lowest BCUT2D eigenvalue weighted by Crippen LogP contribution is -2.14. The molecule has 9 heteroatoms. The van der Waals surface area contributed by atoms with Gasteiger partial charge in [0.2, 0.25) is 0 Å². The maximum absolute atomic E-state index is 12.4. The van der Waals surface area contributed by atoms with Crippen molar-refractivity contribution in [2.75, 3.05) is 11.9 Å². The molecule has 1 amide bonds. The number of nitrogens with zero attached hydrogens (tertiary/aromatic N) is 3. The van der Waals surface area contributed by atoms with E-state index >= 15 is 0 Å². The van der Waals surface area contributed by atoms with Gasteiger partial charge in [0, 0.05) is 11.6 Å². The van der Waals surface area contributed by atoms with E-state index in [1.807, 2.05) is 24.3 Å². The van der Waals surface area contributed by atoms with E-state index in [1.54, 1.807) is 29.2 Å². The number of hydrogen-bond donors (Lipinski definition) is 1. The molecular weight excluding hydrogens is 404 g/mol. The second-order valence-electron chi connectivity index (χ2n) is 6.82. The van der Waals surface area contributed by atoms with Crippen LogP contribution in [0.25, 0.3) is 0 Å². The Hall–Kier alpha value is -3.20. The third-order valence-corrected chi connectivity index (χ3v) is 4.99. The molecular formula is C21H24N4O4S. The molecule has 0 aliphatic heterocycles. The van der Waals surface area contributed by atoms with E-state index in [-0.39, 0.29) is 30.7 Å². The molecule has 3 rings (SSSR count). The molecule has 3 aromatic rings. The van der Waals surface area contributed by atoms with Gasteiger partial charge in [-0.2, -0.15) is 5.10 Å². The average Bonchev–Trinajstić information content (AvgIpc) is 3.36. The number of nitrogens with one attached hydrogen (secondary N) is 1. The summed E-state index contributed by atoms with van der Waals surface area (Å²) in [6.45, 7) is 6.53. The first-order valence-electron chi connectivity index (χ1n) is 9.62. The Kier molecular flexibility index (Phi) is 7.18. The average molecular weight is 429 g/mol. The molecule has 2 heterocycles. The van der Waals surface area contributed by atoms with Gasteiger partial charge in [0.1, 0.15) is 5.75 Å². The second-order valence-corrected chi connectivity index (χ2v) is 7.68. The molecule has 0 atom stereocenters. The van der Waals surface area contributed by atoms with E-state index < -0.39 is 0 Å². The van der Waals surface area contributed by atoms with Gasteiger partial charge in [-0.25, -0.2) is 9.67 Å². The van der Waals surface area contributed by atoms with Gasteiger partial charge in [0.05, 0.1) is 18.7 Å². The van der Waals surface area contributed by atoms with Crippen molar-refractivity contribution in [1.82, 2.24) is 14.8 Å². The molecule has 0 spiro atoms. The molecule has 0 saturated carbocycles. The van der Waals surface area contributed by atoms with Crippen molar-refractivity contribution in [1.29, 1.82) is 0 Å². The SMILES string of the molecule is CCOC(=O)Cc1csc(NC(=O)c2ccn(COc3ccc(C(C)C)cc3)n2)n1. The van der Waals surface area contributed by atoms with Crippen LogP contribution >= 0.6 is 11.3 Å². The van der Waals surface area contributed by atoms with Crippen molar-refractivity contribution in [3.8, 4) is 5.75 Å². The van der Waals surface area contributed by atoms with Crippen molar-refractivity contribution in [3.05, 3.63) is 58.9 Å². The minimum absolute atomic E-state index is 0.0737. The van der Waals surface area contributed by atoms with Crippen LogP contribution in [-0.4, -0.2) is 33.2 Å². The number of carbonyl (C=O) groups excluding carboxylic acids is 2. The van der Waals surface area contributed by atoms with Gasteiger partial charge in [0.15, 0.2) is 17.6 Å². The minimum Gasteiger partial charge on any atom is -0.471 e. The standard InChI is InChI=1S/C21H24N4O4S/c1-4-28-19(26)11-16-12-30-21(22-16)23-20(27)18-9-10-25(24-18)13-29-17-7-5-15(6-8-17)14(2)3/h5-10,12,14H,4,11,13H2,1-3H3,(H,22,23,27). The van der Waals surface area contributed by atoms with E-state index in [1.165, 1.54) is 16.9 Å². The third kappa shape index (κ3) is 5.90. The van der Waals surface area contributed by atoms with Crippen LogP contribution in [0.5, 0.6) is 5.75 Å². The Balaban J connectivity index is 1.52. The molecule has 0 unspecified atom stereocenters. The zero-order chi connectivity index (χ0) is 21.5. The molecule has 0 aliphatic rings. The summed E-state index contributed by atoms with van der Waals surface area (Å²) < 4.78 is 12.1. The lowest BCUT2D eigenvalue weighted by atomic mass is 10.0. The second kappa shape index (κ2) is 10.0. The predicted octanol–water partition coefficient (Wildman–Crippen LogP) is 3.86. The van der Waals surface area contributed by atoms with Crippen molar-refractivity contribution >= 4 is 28.3 Å². The van der Waals surface area contributed by atoms with E-state index in [2.05, 4.69) is 29.2 Å². The number of benzene rings is 1. The summed E-state index contributed by atoms with van der Waals surface area (Å²) in [4.78, 5) is 28.1. The van der Waals surface area contributed by atoms with Crippen molar-refractivity contribution in [2.45, 2.75) is 39.8 Å². The van der Waals surface area contributed by atoms with Gasteiger partial charge in [-0.05, 0) is 36.6 Å². The minimum atomic E-state index is -0.382. The molecule has 8 nitrogen and oxygen atoms in total. The maximum Gasteiger partial charge on any atom is 0.311 e. The van der Waals surface area contributed by atoms with Gasteiger partial charge in [0.25, 0.3) is 5.91 Å². The Morgan fingerprint density at radius 3 is 2.67 bits per heavy atom. The fraction of sp³-hybridized carbons (Fsp3) is 0.333. The highest BCUT2D eigenvalue weighted by molar-refractivity contribution is 7.14. The van der Waals surface area contributed by atoms with Crippen LogP contribution in [0.3, 0.4) is 0 Å². The predicted molar refractivity (Wildman–Crippen MR) is 114 cm³/mol. The third-order valence-electron chi connectivity index (χ3n) is 4.19. The van der Waals surface area contributed by atoms with Crippen molar-refractivity contribution < 1.29 is 19.1 Å². The summed E-state index contributed by atoms with van der Waals surface area (Å²) in [7, 11) is 0. The Bertz CT molecular complexity index is 995. The van der Waals surface area contributed by atoms with Crippen LogP contribution in [0.2, 0.25) is 0 Å². The number of carbonyl (C=O) groups is 2. The van der Waals surface area contributed by atoms with Gasteiger partial charge in [-0.1, -0.05) is 26.0 Å². The van der Waals surface area contributed by atoms with Crippen LogP contribution in [0.15, 0.2) is 41.9 Å². The van der Waals surface area contributed by atoms with Gasteiger partial charge in [-0.15, -0.1) is 11.3 Å². The van der Waals surface area contributed by atoms with Crippen molar-refractivity contribution in [2.24, 2.45) is 0 Å². The fourth-order valence-electron chi connectivity index (χ4n) is 2.61. The largest absolute Gasteiger partial charge is 0.471 e. The number of thiazole rings is 1. The summed E-state index contributed by atoms with van der Waals surface area (Å²) >= 11 is 1.24. The molecule has 0 radical (unpaired) electrons. The monoisotopic (exact) mass is 428 g/mol. The van der Waals surface area contributed by atoms with Crippen LogP contribution < -0.4 is 10.1 Å². The normalized spacial score (nSPS) is 10.8. The number of hydrogen-bond acceptors (Lipinski definition) is 7. The smallest absolute Gasteiger partial charge is 0.311 e. The van der Waals surface area contributed by atoms with E-state index in [9.17, 15) is 9.59 Å². The van der Waals surface area contributed by atoms with Gasteiger partial charge >= 0.3 is 5.97 Å². The molecule has 1 N–H and O–H groups in total. The topological polar surface area (TPSA) is 95.3 Å². The number of rotatable bonds is 9. The maximum atomic E-state index is 12.4. The molecule has 30 heavy (non-hydrogen) atoms. The molecule has 1 aromatic carbocycles. The zero-order valence-corrected chi connectivity index (χ0v) is 17.9. The Labute approximate surface area is 178 Å². The highest BCUT2D eigenvalue weighted by Gasteiger charge is 2.14. The Morgan fingerprint density at radius 2 is 1.97 bits per heavy atom. The summed E-state index contributed by atoms with van der Waals surface area (Å²) in [6.07, 6.45) is 1.75. The first-order valence-corrected chi connectivity index (χ1v) is 10.5. The molecule has 158 valence electrons. The quantitative estimate of drug-likeness (QED) is 0.520. The Morgan fingerprint density at radius 1 is 1.20 bits per heavy atom. The highest BCUT2D eigenvalue weighted by Crippen LogP contribution is 2.19. The summed E-state index contributed by atoms with van der Waals surface area (Å²) in [6, 6.07) is 9.51. The van der Waals surface area contributed by atoms with E-state index in [0.717, 1.165) is 5.75 Å². The number of amides is 1.